The van der Waals surface area contributed by atoms with E-state index in [1.54, 1.807) is 19.0 Å². The van der Waals surface area contributed by atoms with Gasteiger partial charge in [-0.15, -0.1) is 0 Å². The van der Waals surface area contributed by atoms with Crippen LogP contribution in [0.15, 0.2) is 30.3 Å². The van der Waals surface area contributed by atoms with Crippen molar-refractivity contribution in [2.75, 3.05) is 27.2 Å². The zero-order chi connectivity index (χ0) is 12.3. The summed E-state index contributed by atoms with van der Waals surface area (Å²) in [5.41, 5.74) is 0. The van der Waals surface area contributed by atoms with E-state index in [1.807, 2.05) is 35.2 Å². The van der Waals surface area contributed by atoms with Crippen LogP contribution in [0.1, 0.15) is 6.42 Å². The van der Waals surface area contributed by atoms with Crippen LogP contribution in [-0.4, -0.2) is 49.1 Å². The highest BCUT2D eigenvalue weighted by Gasteiger charge is 2.28. The van der Waals surface area contributed by atoms with Crippen LogP contribution >= 0.6 is 0 Å². The van der Waals surface area contributed by atoms with E-state index in [2.05, 4.69) is 0 Å². The van der Waals surface area contributed by atoms with Crippen LogP contribution < -0.4 is 4.74 Å². The molecule has 2 rings (SSSR count). The third-order valence-corrected chi connectivity index (χ3v) is 2.84. The molecular formula is C13H18N2O2. The Balaban J connectivity index is 1.88. The molecule has 0 N–H and O–H groups in total. The molecule has 0 unspecified atom stereocenters. The summed E-state index contributed by atoms with van der Waals surface area (Å²) in [5.74, 6) is 0.872. The van der Waals surface area contributed by atoms with Gasteiger partial charge in [-0.3, -0.25) is 0 Å². The maximum atomic E-state index is 11.7. The molecule has 2 amide bonds. The number of likely N-dealkylation sites (tertiary alicyclic amines) is 1. The second kappa shape index (κ2) is 5.08. The van der Waals surface area contributed by atoms with E-state index >= 15 is 0 Å². The molecule has 0 aromatic heterocycles. The number of rotatable bonds is 2. The molecule has 1 atom stereocenters. The summed E-state index contributed by atoms with van der Waals surface area (Å²) < 4.78 is 5.82. The van der Waals surface area contributed by atoms with Crippen molar-refractivity contribution in [3.05, 3.63) is 30.3 Å². The van der Waals surface area contributed by atoms with Crippen LogP contribution in [0.2, 0.25) is 0 Å². The third kappa shape index (κ3) is 2.90. The Morgan fingerprint density at radius 3 is 2.71 bits per heavy atom. The molecule has 0 saturated carbocycles. The lowest BCUT2D eigenvalue weighted by atomic mass is 10.3. The van der Waals surface area contributed by atoms with Gasteiger partial charge in [0.1, 0.15) is 11.9 Å². The summed E-state index contributed by atoms with van der Waals surface area (Å²) in [5, 5.41) is 0. The van der Waals surface area contributed by atoms with Gasteiger partial charge >= 0.3 is 6.03 Å². The van der Waals surface area contributed by atoms with Crippen molar-refractivity contribution < 1.29 is 9.53 Å². The minimum atomic E-state index is 0.0594. The highest BCUT2D eigenvalue weighted by atomic mass is 16.5. The lowest BCUT2D eigenvalue weighted by molar-refractivity contribution is 0.168. The SMILES string of the molecule is CN(C)C(=O)N1CC[C@H](Oc2ccccc2)C1. The number of hydrogen-bond donors (Lipinski definition) is 0. The first-order chi connectivity index (χ1) is 8.16. The van der Waals surface area contributed by atoms with E-state index < -0.39 is 0 Å². The minimum Gasteiger partial charge on any atom is -0.489 e. The minimum absolute atomic E-state index is 0.0594. The molecule has 0 bridgehead atoms. The largest absolute Gasteiger partial charge is 0.489 e. The lowest BCUT2D eigenvalue weighted by Crippen LogP contribution is -2.38. The number of urea groups is 1. The number of ether oxygens (including phenoxy) is 1. The fourth-order valence-corrected chi connectivity index (χ4v) is 1.97. The lowest BCUT2D eigenvalue weighted by Gasteiger charge is -2.21. The number of nitrogens with zero attached hydrogens (tertiary/aromatic N) is 2. The monoisotopic (exact) mass is 234 g/mol. The number of para-hydroxylation sites is 1. The fourth-order valence-electron chi connectivity index (χ4n) is 1.97. The van der Waals surface area contributed by atoms with Gasteiger partial charge in [0, 0.05) is 27.1 Å². The molecule has 1 fully saturated rings. The highest BCUT2D eigenvalue weighted by molar-refractivity contribution is 5.74. The van der Waals surface area contributed by atoms with Crippen molar-refractivity contribution in [3.8, 4) is 5.75 Å². The third-order valence-electron chi connectivity index (χ3n) is 2.84. The molecule has 1 aromatic rings. The Morgan fingerprint density at radius 1 is 1.35 bits per heavy atom. The van der Waals surface area contributed by atoms with Gasteiger partial charge in [0.15, 0.2) is 0 Å². The average Bonchev–Trinajstić information content (AvgIpc) is 2.77. The zero-order valence-electron chi connectivity index (χ0n) is 10.3. The molecule has 4 heteroatoms. The Hall–Kier alpha value is -1.71. The summed E-state index contributed by atoms with van der Waals surface area (Å²) in [6, 6.07) is 9.81. The first kappa shape index (κ1) is 11.8. The molecule has 1 saturated heterocycles. The number of carbonyl (C=O) groups is 1. The predicted octanol–water partition coefficient (Wildman–Crippen LogP) is 1.82. The Labute approximate surface area is 102 Å². The number of amides is 2. The van der Waals surface area contributed by atoms with Crippen LogP contribution in [0.5, 0.6) is 5.75 Å². The number of hydrogen-bond acceptors (Lipinski definition) is 2. The molecule has 1 aliphatic rings. The van der Waals surface area contributed by atoms with Crippen molar-refractivity contribution >= 4 is 6.03 Å². The quantitative estimate of drug-likeness (QED) is 0.782. The highest BCUT2D eigenvalue weighted by Crippen LogP contribution is 2.18. The molecule has 1 heterocycles. The first-order valence-electron chi connectivity index (χ1n) is 5.85. The standard InChI is InChI=1S/C13H18N2O2/c1-14(2)13(16)15-9-8-12(10-15)17-11-6-4-3-5-7-11/h3-7,12H,8-10H2,1-2H3/t12-/m0/s1. The van der Waals surface area contributed by atoms with Crippen molar-refractivity contribution in [2.45, 2.75) is 12.5 Å². The number of carbonyl (C=O) groups excluding carboxylic acids is 1. The Kier molecular flexibility index (Phi) is 3.52. The molecule has 0 radical (unpaired) electrons. The second-order valence-electron chi connectivity index (χ2n) is 4.46. The summed E-state index contributed by atoms with van der Waals surface area (Å²) in [6.45, 7) is 1.44. The molecular weight excluding hydrogens is 216 g/mol. The smallest absolute Gasteiger partial charge is 0.319 e. The topological polar surface area (TPSA) is 32.8 Å². The molecule has 4 nitrogen and oxygen atoms in total. The molecule has 1 aliphatic heterocycles. The first-order valence-corrected chi connectivity index (χ1v) is 5.85. The van der Waals surface area contributed by atoms with Crippen LogP contribution in [0.4, 0.5) is 4.79 Å². The van der Waals surface area contributed by atoms with Crippen LogP contribution in [0, 0.1) is 0 Å². The van der Waals surface area contributed by atoms with Crippen molar-refractivity contribution in [1.29, 1.82) is 0 Å². The van der Waals surface area contributed by atoms with E-state index in [-0.39, 0.29) is 12.1 Å². The van der Waals surface area contributed by atoms with E-state index in [1.165, 1.54) is 0 Å². The van der Waals surface area contributed by atoms with Crippen LogP contribution in [0.25, 0.3) is 0 Å². The summed E-state index contributed by atoms with van der Waals surface area (Å²) in [7, 11) is 3.54. The number of benzene rings is 1. The van der Waals surface area contributed by atoms with E-state index in [0.29, 0.717) is 6.54 Å². The maximum Gasteiger partial charge on any atom is 0.319 e. The van der Waals surface area contributed by atoms with Gasteiger partial charge in [-0.05, 0) is 12.1 Å². The zero-order valence-corrected chi connectivity index (χ0v) is 10.3. The van der Waals surface area contributed by atoms with Gasteiger partial charge in [0.05, 0.1) is 6.54 Å². The molecule has 1 aromatic carbocycles. The predicted molar refractivity (Wildman–Crippen MR) is 66.1 cm³/mol. The summed E-state index contributed by atoms with van der Waals surface area (Å²) in [6.07, 6.45) is 1.01. The molecule has 0 aliphatic carbocycles. The van der Waals surface area contributed by atoms with Crippen molar-refractivity contribution in [1.82, 2.24) is 9.80 Å². The van der Waals surface area contributed by atoms with Gasteiger partial charge in [0.25, 0.3) is 0 Å². The van der Waals surface area contributed by atoms with Crippen LogP contribution in [0.3, 0.4) is 0 Å². The average molecular weight is 234 g/mol. The van der Waals surface area contributed by atoms with Gasteiger partial charge in [0.2, 0.25) is 0 Å². The van der Waals surface area contributed by atoms with Crippen molar-refractivity contribution in [2.24, 2.45) is 0 Å². The molecule has 0 spiro atoms. The normalized spacial score (nSPS) is 19.2. The van der Waals surface area contributed by atoms with Gasteiger partial charge in [-0.2, -0.15) is 0 Å². The Morgan fingerprint density at radius 2 is 2.06 bits per heavy atom. The summed E-state index contributed by atoms with van der Waals surface area (Å²) >= 11 is 0. The second-order valence-corrected chi connectivity index (χ2v) is 4.46. The molecule has 17 heavy (non-hydrogen) atoms. The van der Waals surface area contributed by atoms with E-state index in [4.69, 9.17) is 4.74 Å². The van der Waals surface area contributed by atoms with E-state index in [9.17, 15) is 4.79 Å². The maximum absolute atomic E-state index is 11.7. The molecule has 92 valence electrons. The van der Waals surface area contributed by atoms with Crippen LogP contribution in [-0.2, 0) is 0 Å². The van der Waals surface area contributed by atoms with E-state index in [0.717, 1.165) is 18.7 Å². The van der Waals surface area contributed by atoms with Gasteiger partial charge in [-0.25, -0.2) is 4.79 Å². The fraction of sp³-hybridized carbons (Fsp3) is 0.462. The van der Waals surface area contributed by atoms with Gasteiger partial charge in [-0.1, -0.05) is 18.2 Å². The van der Waals surface area contributed by atoms with Crippen molar-refractivity contribution in [3.63, 3.8) is 0 Å². The Bertz CT molecular complexity index is 378. The summed E-state index contributed by atoms with van der Waals surface area (Å²) in [4.78, 5) is 15.2. The van der Waals surface area contributed by atoms with Gasteiger partial charge < -0.3 is 14.5 Å².